The summed E-state index contributed by atoms with van der Waals surface area (Å²) >= 11 is 6.37. The lowest BCUT2D eigenvalue weighted by Gasteiger charge is -2.25. The Kier molecular flexibility index (Phi) is 26.9. The second-order valence-electron chi connectivity index (χ2n) is 17.8. The highest BCUT2D eigenvalue weighted by molar-refractivity contribution is 7.70. The van der Waals surface area contributed by atoms with E-state index in [0.29, 0.717) is 50.8 Å². The predicted octanol–water partition coefficient (Wildman–Crippen LogP) is 3.80. The zero-order valence-electron chi connectivity index (χ0n) is 44.1. The molecule has 1 aliphatic rings. The van der Waals surface area contributed by atoms with Crippen LogP contribution in [-0.2, 0) is 87.0 Å². The van der Waals surface area contributed by atoms with Gasteiger partial charge in [-0.15, -0.1) is 5.10 Å². The molecule has 0 amide bonds. The average molecular weight is 1250 g/mol. The summed E-state index contributed by atoms with van der Waals surface area (Å²) in [5.41, 5.74) is -0.0863. The summed E-state index contributed by atoms with van der Waals surface area (Å²) < 4.78 is 167. The number of alkyl halides is 3. The van der Waals surface area contributed by atoms with Crippen LogP contribution >= 0.6 is 26.8 Å². The maximum atomic E-state index is 13.7. The minimum absolute atomic E-state index is 0.0231. The molecule has 5 atom stereocenters. The molecule has 1 saturated heterocycles. The average Bonchev–Trinajstić information content (AvgIpc) is 4.21. The van der Waals surface area contributed by atoms with Crippen LogP contribution in [0.15, 0.2) is 48.8 Å². The molecule has 1 fully saturated rings. The van der Waals surface area contributed by atoms with Crippen molar-refractivity contribution in [1.82, 2.24) is 34.7 Å². The number of halogens is 7. The number of hydrogen-bond acceptors (Lipinski definition) is 22. The quantitative estimate of drug-likeness (QED) is 0.00933. The van der Waals surface area contributed by atoms with Gasteiger partial charge in [0, 0.05) is 25.2 Å². The molecule has 4 heterocycles. The lowest BCUT2D eigenvalue weighted by molar-refractivity contribution is -0.138. The Balaban J connectivity index is 0.811. The summed E-state index contributed by atoms with van der Waals surface area (Å²) in [6.07, 6.45) is -8.41. The smallest absolute Gasteiger partial charge is 0.416 e. The van der Waals surface area contributed by atoms with E-state index in [9.17, 15) is 55.4 Å². The van der Waals surface area contributed by atoms with Gasteiger partial charge >= 0.3 is 27.3 Å². The van der Waals surface area contributed by atoms with Crippen LogP contribution < -0.4 is 9.64 Å². The van der Waals surface area contributed by atoms with Crippen molar-refractivity contribution in [1.29, 1.82) is 0 Å². The number of carbonyl (C=O) groups is 1. The molecular weight excluding hydrogens is 1190 g/mol. The molecule has 5 aromatic rings. The molecular formula is C47H61ClF6N8O19P2. The molecule has 83 heavy (non-hydrogen) atoms. The number of fused-ring (bicyclic) bond motifs is 1. The number of rotatable bonds is 39. The lowest BCUT2D eigenvalue weighted by atomic mass is 10.1. The Labute approximate surface area is 474 Å². The first-order chi connectivity index (χ1) is 39.6. The molecule has 5 N–H and O–H groups in total. The van der Waals surface area contributed by atoms with E-state index in [1.807, 2.05) is 0 Å². The first-order valence-corrected chi connectivity index (χ1v) is 29.2. The summed E-state index contributed by atoms with van der Waals surface area (Å²) in [5.74, 6) is -7.12. The third-order valence-electron chi connectivity index (χ3n) is 11.4. The van der Waals surface area contributed by atoms with E-state index in [2.05, 4.69) is 30.1 Å². The van der Waals surface area contributed by atoms with E-state index in [-0.39, 0.29) is 126 Å². The first-order valence-electron chi connectivity index (χ1n) is 25.3. The summed E-state index contributed by atoms with van der Waals surface area (Å²) in [7, 11) is -9.83. The highest BCUT2D eigenvalue weighted by Crippen LogP contribution is 2.55. The molecule has 6 rings (SSSR count). The zero-order chi connectivity index (χ0) is 60.0. The fourth-order valence-corrected chi connectivity index (χ4v) is 10.3. The van der Waals surface area contributed by atoms with Gasteiger partial charge < -0.3 is 81.7 Å². The zero-order valence-corrected chi connectivity index (χ0v) is 46.6. The van der Waals surface area contributed by atoms with Crippen LogP contribution in [0.25, 0.3) is 11.0 Å². The molecule has 462 valence electrons. The van der Waals surface area contributed by atoms with Gasteiger partial charge in [0.2, 0.25) is 11.0 Å². The number of esters is 1. The van der Waals surface area contributed by atoms with Crippen LogP contribution in [0.4, 0.5) is 32.2 Å². The minimum atomic E-state index is -4.97. The monoisotopic (exact) mass is 1250 g/mol. The van der Waals surface area contributed by atoms with Crippen molar-refractivity contribution in [2.75, 3.05) is 123 Å². The number of nitrogens with zero attached hydrogens (tertiary/aromatic N) is 8. The van der Waals surface area contributed by atoms with Crippen molar-refractivity contribution in [3.05, 3.63) is 88.3 Å². The Morgan fingerprint density at radius 2 is 1.36 bits per heavy atom. The van der Waals surface area contributed by atoms with Crippen LogP contribution in [-0.4, -0.2) is 202 Å². The third-order valence-corrected chi connectivity index (χ3v) is 15.0. The molecule has 1 aliphatic heterocycles. The van der Waals surface area contributed by atoms with Crippen LogP contribution in [0.5, 0.6) is 5.75 Å². The van der Waals surface area contributed by atoms with Gasteiger partial charge in [0.1, 0.15) is 35.6 Å². The van der Waals surface area contributed by atoms with E-state index in [1.165, 1.54) is 18.3 Å². The molecule has 27 nitrogen and oxygen atoms in total. The number of aromatic nitrogens is 7. The molecule has 3 aromatic heterocycles. The molecule has 0 saturated carbocycles. The van der Waals surface area contributed by atoms with Gasteiger partial charge in [-0.1, -0.05) is 17.3 Å². The van der Waals surface area contributed by atoms with Gasteiger partial charge in [-0.25, -0.2) is 22.5 Å². The largest absolute Gasteiger partial charge is 0.420 e. The maximum Gasteiger partial charge on any atom is 0.416 e. The molecule has 0 bridgehead atoms. The Morgan fingerprint density at radius 1 is 0.771 bits per heavy atom. The summed E-state index contributed by atoms with van der Waals surface area (Å²) in [6.45, 7) is 2.88. The molecule has 0 radical (unpaired) electrons. The Morgan fingerprint density at radius 3 is 1.98 bits per heavy atom. The Hall–Kier alpha value is -4.87. The fraction of sp³-hybridized carbons (Fsp3) is 0.574. The van der Waals surface area contributed by atoms with Gasteiger partial charge in [-0.3, -0.25) is 13.9 Å². The van der Waals surface area contributed by atoms with E-state index in [1.54, 1.807) is 15.8 Å². The van der Waals surface area contributed by atoms with Crippen molar-refractivity contribution in [3.63, 3.8) is 0 Å². The fourth-order valence-electron chi connectivity index (χ4n) is 7.56. The standard InChI is InChI=1S/C47H61ClF6N8O19P2/c48-46-56-43(35-25-55-62(44(35)57-46)45-41(65)40(64)38(80-45)29-79-83(69,70)30-82(66,67)68)60(26-31-2-1-3-32(22-31)47(52,53)54)5-8-72-11-14-75-18-19-77-20-21-78-28-34-27-61(59-58-34)6-9-73-12-15-76-17-16-74-13-10-71-7-4-39(63)81-42-36(50)23-33(49)24-37(42)51/h1-3,22-25,27,38,40-41,45,64-65H,4-21,26,28-30H2,(H,69,70)(H2,66,67,68)/t38-,40-,41-,45-/m1/s1. The number of ether oxygens (including phenoxy) is 10. The van der Waals surface area contributed by atoms with Crippen LogP contribution in [0.3, 0.4) is 0 Å². The van der Waals surface area contributed by atoms with E-state index in [4.69, 9.17) is 68.5 Å². The van der Waals surface area contributed by atoms with Gasteiger partial charge in [-0.05, 0) is 29.3 Å². The van der Waals surface area contributed by atoms with E-state index >= 15 is 0 Å². The van der Waals surface area contributed by atoms with E-state index < -0.39 is 93.2 Å². The summed E-state index contributed by atoms with van der Waals surface area (Å²) in [6, 6.07) is 5.45. The normalized spacial score (nSPS) is 17.4. The number of hydrogen-bond donors (Lipinski definition) is 5. The second kappa shape index (κ2) is 33.1. The maximum absolute atomic E-state index is 13.7. The molecule has 2 aromatic carbocycles. The molecule has 1 unspecified atom stereocenters. The van der Waals surface area contributed by atoms with Gasteiger partial charge in [0.25, 0.3) is 0 Å². The summed E-state index contributed by atoms with van der Waals surface area (Å²) in [5, 5.41) is 33.8. The third kappa shape index (κ3) is 22.8. The minimum Gasteiger partial charge on any atom is -0.420 e. The SMILES string of the molecule is O=C(CCOCCOCCOCCOCCn1cc(COCCOCCOCCOCCN(Cc2cccc(C(F)(F)F)c2)c2nc(Cl)nc3c2cnn3[C@@H]2O[C@H](COP(=O)(O)CP(=O)(O)O)[C@@H](O)[C@H]2O)nn1)Oc1c(F)cc(F)cc1F. The van der Waals surface area contributed by atoms with Crippen molar-refractivity contribution >= 4 is 49.6 Å². The van der Waals surface area contributed by atoms with Crippen LogP contribution in [0.1, 0.15) is 29.5 Å². The number of aliphatic hydroxyl groups is 2. The number of aliphatic hydroxyl groups excluding tert-OH is 2. The second-order valence-corrected chi connectivity index (χ2v) is 22.1. The lowest BCUT2D eigenvalue weighted by Crippen LogP contribution is -2.33. The molecule has 0 aliphatic carbocycles. The number of carbonyl (C=O) groups excluding carboxylic acids is 1. The molecule has 0 spiro atoms. The van der Waals surface area contributed by atoms with Gasteiger partial charge in [-0.2, -0.15) is 28.2 Å². The van der Waals surface area contributed by atoms with Crippen molar-refractivity contribution in [2.45, 2.75) is 56.8 Å². The van der Waals surface area contributed by atoms with Crippen molar-refractivity contribution in [3.8, 4) is 5.75 Å². The first kappa shape index (κ1) is 67.3. The summed E-state index contributed by atoms with van der Waals surface area (Å²) in [4.78, 5) is 50.0. The number of anilines is 1. The topological polar surface area (TPSA) is 331 Å². The molecule has 36 heteroatoms. The van der Waals surface area contributed by atoms with Gasteiger partial charge in [0.05, 0.1) is 149 Å². The van der Waals surface area contributed by atoms with Crippen molar-refractivity contribution in [2.24, 2.45) is 0 Å². The number of benzene rings is 2. The van der Waals surface area contributed by atoms with Gasteiger partial charge in [0.15, 0.2) is 29.4 Å². The van der Waals surface area contributed by atoms with Crippen LogP contribution in [0.2, 0.25) is 5.28 Å². The van der Waals surface area contributed by atoms with E-state index in [0.717, 1.165) is 16.8 Å². The predicted molar refractivity (Wildman–Crippen MR) is 273 cm³/mol. The highest BCUT2D eigenvalue weighted by Gasteiger charge is 2.46. The highest BCUT2D eigenvalue weighted by atomic mass is 35.5. The van der Waals surface area contributed by atoms with Crippen LogP contribution in [0, 0.1) is 17.5 Å². The van der Waals surface area contributed by atoms with Crippen molar-refractivity contribution < 1.29 is 117 Å². The Bertz CT molecular complexity index is 2890.